The van der Waals surface area contributed by atoms with Crippen molar-refractivity contribution >= 4 is 12.1 Å². The Hall–Kier alpha value is -4.27. The number of hydrogen-bond acceptors (Lipinski definition) is 5. The monoisotopic (exact) mass is 560 g/mol. The van der Waals surface area contributed by atoms with E-state index in [1.807, 2.05) is 49.4 Å². The van der Waals surface area contributed by atoms with Crippen molar-refractivity contribution < 1.29 is 28.2 Å². The van der Waals surface area contributed by atoms with Crippen LogP contribution in [0.3, 0.4) is 0 Å². The van der Waals surface area contributed by atoms with E-state index < -0.39 is 18.6 Å². The summed E-state index contributed by atoms with van der Waals surface area (Å²) < 4.78 is 40.0. The molecule has 0 bridgehead atoms. The van der Waals surface area contributed by atoms with Gasteiger partial charge in [-0.25, -0.2) is 0 Å². The third-order valence-corrected chi connectivity index (χ3v) is 6.58. The van der Waals surface area contributed by atoms with Crippen LogP contribution in [0.25, 0.3) is 0 Å². The maximum Gasteiger partial charge on any atom is 0.306 e. The Balaban J connectivity index is 1.26. The summed E-state index contributed by atoms with van der Waals surface area (Å²) in [6.45, 7) is 1.90. The Kier molecular flexibility index (Phi) is 10.4. The molecule has 3 N–H and O–H groups in total. The van der Waals surface area contributed by atoms with Crippen molar-refractivity contribution in [3.63, 3.8) is 0 Å². The topological polar surface area (TPSA) is 79.8 Å². The number of aliphatic hydroxyl groups excluding tert-OH is 1. The molecule has 8 heteroatoms. The van der Waals surface area contributed by atoms with E-state index in [2.05, 4.69) is 10.6 Å². The standard InChI is InChI=1S/C33H34F2N2O4/c1-24(18-25-12-15-29(16-13-25)41-22-33(34,35)28-10-6-3-7-11-28)36-20-31(39)27-14-17-32(30(19-27)37-23-38)40-21-26-8-4-2-5-9-26/h2-17,19,23-24,31,36,39H,18,20-22H2,1H3,(H,37,38)/t24-,31+/m0/s1. The van der Waals surface area contributed by atoms with E-state index in [0.29, 0.717) is 48.7 Å². The third kappa shape index (κ3) is 8.86. The number of halogens is 2. The van der Waals surface area contributed by atoms with Gasteiger partial charge in [-0.1, -0.05) is 78.9 Å². The molecule has 0 saturated carbocycles. The van der Waals surface area contributed by atoms with Crippen LogP contribution in [0.15, 0.2) is 103 Å². The fraction of sp³-hybridized carbons (Fsp3) is 0.242. The molecule has 0 aliphatic heterocycles. The maximum atomic E-state index is 14.4. The fourth-order valence-corrected chi connectivity index (χ4v) is 4.31. The second-order valence-electron chi connectivity index (χ2n) is 9.82. The van der Waals surface area contributed by atoms with Gasteiger partial charge >= 0.3 is 5.92 Å². The first-order valence-electron chi connectivity index (χ1n) is 13.4. The predicted octanol–water partition coefficient (Wildman–Crippen LogP) is 6.26. The molecule has 0 aliphatic rings. The van der Waals surface area contributed by atoms with Crippen molar-refractivity contribution in [1.29, 1.82) is 0 Å². The van der Waals surface area contributed by atoms with Crippen molar-refractivity contribution in [3.05, 3.63) is 125 Å². The van der Waals surface area contributed by atoms with Gasteiger partial charge in [-0.15, -0.1) is 0 Å². The predicted molar refractivity (Wildman–Crippen MR) is 155 cm³/mol. The van der Waals surface area contributed by atoms with E-state index in [9.17, 15) is 18.7 Å². The van der Waals surface area contributed by atoms with Crippen LogP contribution in [0.4, 0.5) is 14.5 Å². The number of rotatable bonds is 15. The Morgan fingerprint density at radius 3 is 2.24 bits per heavy atom. The molecule has 0 radical (unpaired) electrons. The molecule has 4 aromatic rings. The summed E-state index contributed by atoms with van der Waals surface area (Å²) in [5.41, 5.74) is 3.03. The van der Waals surface area contributed by atoms with Gasteiger partial charge in [0.25, 0.3) is 0 Å². The van der Waals surface area contributed by atoms with Crippen molar-refractivity contribution in [1.82, 2.24) is 5.32 Å². The molecule has 214 valence electrons. The average molecular weight is 561 g/mol. The minimum Gasteiger partial charge on any atom is -0.487 e. The second kappa shape index (κ2) is 14.4. The molecule has 4 aromatic carbocycles. The number of carbonyl (C=O) groups is 1. The lowest BCUT2D eigenvalue weighted by Gasteiger charge is -2.19. The normalized spacial score (nSPS) is 12.8. The van der Waals surface area contributed by atoms with Gasteiger partial charge in [-0.3, -0.25) is 4.79 Å². The SMILES string of the molecule is C[C@@H](Cc1ccc(OCC(F)(F)c2ccccc2)cc1)NC[C@@H](O)c1ccc(OCc2ccccc2)c(NC=O)c1. The van der Waals surface area contributed by atoms with Crippen LogP contribution >= 0.6 is 0 Å². The first kappa shape index (κ1) is 29.7. The Morgan fingerprint density at radius 2 is 1.56 bits per heavy atom. The summed E-state index contributed by atoms with van der Waals surface area (Å²) in [6.07, 6.45) is 0.430. The van der Waals surface area contributed by atoms with E-state index in [4.69, 9.17) is 9.47 Å². The van der Waals surface area contributed by atoms with E-state index >= 15 is 0 Å². The van der Waals surface area contributed by atoms with Crippen LogP contribution in [0.2, 0.25) is 0 Å². The lowest BCUT2D eigenvalue weighted by Crippen LogP contribution is -2.32. The van der Waals surface area contributed by atoms with Gasteiger partial charge < -0.3 is 25.2 Å². The summed E-state index contributed by atoms with van der Waals surface area (Å²) in [6, 6.07) is 29.6. The van der Waals surface area contributed by atoms with Gasteiger partial charge in [-0.2, -0.15) is 8.78 Å². The zero-order valence-electron chi connectivity index (χ0n) is 22.8. The number of aliphatic hydroxyl groups is 1. The van der Waals surface area contributed by atoms with Crippen molar-refractivity contribution in [2.75, 3.05) is 18.5 Å². The number of ether oxygens (including phenoxy) is 2. The molecule has 41 heavy (non-hydrogen) atoms. The number of anilines is 1. The van der Waals surface area contributed by atoms with Crippen molar-refractivity contribution in [2.45, 2.75) is 38.0 Å². The van der Waals surface area contributed by atoms with Crippen LogP contribution in [0.5, 0.6) is 11.5 Å². The third-order valence-electron chi connectivity index (χ3n) is 6.58. The Morgan fingerprint density at radius 1 is 0.878 bits per heavy atom. The number of carbonyl (C=O) groups excluding carboxylic acids is 1. The Bertz CT molecular complexity index is 1370. The van der Waals surface area contributed by atoms with Gasteiger partial charge in [-0.05, 0) is 54.3 Å². The smallest absolute Gasteiger partial charge is 0.306 e. The van der Waals surface area contributed by atoms with Crippen LogP contribution in [-0.4, -0.2) is 30.7 Å². The summed E-state index contributed by atoms with van der Waals surface area (Å²) in [4.78, 5) is 11.1. The zero-order valence-corrected chi connectivity index (χ0v) is 22.8. The summed E-state index contributed by atoms with van der Waals surface area (Å²) in [7, 11) is 0. The lowest BCUT2D eigenvalue weighted by atomic mass is 10.1. The molecule has 0 unspecified atom stereocenters. The van der Waals surface area contributed by atoms with Gasteiger partial charge in [0, 0.05) is 18.2 Å². The number of hydrogen-bond donors (Lipinski definition) is 3. The minimum atomic E-state index is -3.08. The molecule has 0 aromatic heterocycles. The highest BCUT2D eigenvalue weighted by atomic mass is 19.3. The van der Waals surface area contributed by atoms with Crippen LogP contribution < -0.4 is 20.1 Å². The summed E-state index contributed by atoms with van der Waals surface area (Å²) in [5, 5.41) is 16.7. The van der Waals surface area contributed by atoms with E-state index in [0.717, 1.165) is 11.1 Å². The number of benzene rings is 4. The average Bonchev–Trinajstić information content (AvgIpc) is 3.00. The molecule has 2 atom stereocenters. The quantitative estimate of drug-likeness (QED) is 0.150. The molecular weight excluding hydrogens is 526 g/mol. The molecule has 0 fully saturated rings. The molecular formula is C33H34F2N2O4. The zero-order chi connectivity index (χ0) is 29.1. The highest BCUT2D eigenvalue weighted by Gasteiger charge is 2.32. The summed E-state index contributed by atoms with van der Waals surface area (Å²) >= 11 is 0. The largest absolute Gasteiger partial charge is 0.487 e. The summed E-state index contributed by atoms with van der Waals surface area (Å²) in [5.74, 6) is -2.20. The first-order chi connectivity index (χ1) is 19.8. The van der Waals surface area contributed by atoms with E-state index in [-0.39, 0.29) is 11.6 Å². The molecule has 0 saturated heterocycles. The van der Waals surface area contributed by atoms with Crippen molar-refractivity contribution in [3.8, 4) is 11.5 Å². The highest BCUT2D eigenvalue weighted by Crippen LogP contribution is 2.30. The second-order valence-corrected chi connectivity index (χ2v) is 9.82. The molecule has 0 heterocycles. The molecule has 6 nitrogen and oxygen atoms in total. The van der Waals surface area contributed by atoms with E-state index in [1.165, 1.54) is 12.1 Å². The first-order valence-corrected chi connectivity index (χ1v) is 13.4. The highest BCUT2D eigenvalue weighted by molar-refractivity contribution is 5.76. The number of alkyl halides is 2. The van der Waals surface area contributed by atoms with Gasteiger partial charge in [0.1, 0.15) is 18.1 Å². The molecule has 0 spiro atoms. The van der Waals surface area contributed by atoms with Crippen LogP contribution in [0.1, 0.15) is 35.3 Å². The minimum absolute atomic E-state index is 0.0277. The van der Waals surface area contributed by atoms with Gasteiger partial charge in [0.15, 0.2) is 6.61 Å². The Labute approximate surface area is 239 Å². The van der Waals surface area contributed by atoms with Crippen LogP contribution in [0, 0.1) is 0 Å². The van der Waals surface area contributed by atoms with Gasteiger partial charge in [0.05, 0.1) is 11.8 Å². The molecule has 0 aliphatic carbocycles. The number of amides is 1. The van der Waals surface area contributed by atoms with Crippen LogP contribution in [-0.2, 0) is 23.7 Å². The lowest BCUT2D eigenvalue weighted by molar-refractivity contribution is -0.105. The number of nitrogens with one attached hydrogen (secondary N) is 2. The molecule has 1 amide bonds. The van der Waals surface area contributed by atoms with E-state index in [1.54, 1.807) is 48.5 Å². The fourth-order valence-electron chi connectivity index (χ4n) is 4.31. The van der Waals surface area contributed by atoms with Gasteiger partial charge in [0.2, 0.25) is 6.41 Å². The maximum absolute atomic E-state index is 14.4. The molecule has 4 rings (SSSR count). The van der Waals surface area contributed by atoms with Crippen molar-refractivity contribution in [2.24, 2.45) is 0 Å².